The van der Waals surface area contributed by atoms with Crippen molar-refractivity contribution >= 4 is 5.69 Å². The minimum Gasteiger partial charge on any atom is -0.385 e. The monoisotopic (exact) mass is 273 g/mol. The molecule has 3 heteroatoms. The van der Waals surface area contributed by atoms with Crippen molar-refractivity contribution in [2.24, 2.45) is 5.92 Å². The Morgan fingerprint density at radius 2 is 2.20 bits per heavy atom. The van der Waals surface area contributed by atoms with E-state index >= 15 is 0 Å². The Morgan fingerprint density at radius 3 is 3.10 bits per heavy atom. The van der Waals surface area contributed by atoms with Gasteiger partial charge in [-0.2, -0.15) is 0 Å². The van der Waals surface area contributed by atoms with E-state index < -0.39 is 0 Å². The van der Waals surface area contributed by atoms with E-state index in [0.29, 0.717) is 0 Å². The maximum Gasteiger partial charge on any atom is 0.0564 e. The van der Waals surface area contributed by atoms with Crippen molar-refractivity contribution in [1.29, 1.82) is 0 Å². The second kappa shape index (κ2) is 6.57. The van der Waals surface area contributed by atoms with Gasteiger partial charge >= 0.3 is 0 Å². The Morgan fingerprint density at radius 1 is 1.30 bits per heavy atom. The highest BCUT2D eigenvalue weighted by Crippen LogP contribution is 2.36. The summed E-state index contributed by atoms with van der Waals surface area (Å²) in [5.74, 6) is 0.963. The minimum absolute atomic E-state index is 0.831. The minimum atomic E-state index is 0.831. The number of hydrogen-bond acceptors (Lipinski definition) is 3. The molecule has 2 aliphatic rings. The number of fused-ring (bicyclic) bond motifs is 1. The number of likely N-dealkylation sites (tertiary alicyclic amines) is 1. The summed E-state index contributed by atoms with van der Waals surface area (Å²) in [7, 11) is 0. The molecule has 0 spiro atoms. The zero-order valence-electron chi connectivity index (χ0n) is 12.6. The first-order valence-corrected chi connectivity index (χ1v) is 8.29. The van der Waals surface area contributed by atoms with Crippen LogP contribution in [-0.2, 0) is 6.54 Å². The number of nitrogens with zero attached hydrogens (tertiary/aromatic N) is 2. The summed E-state index contributed by atoms with van der Waals surface area (Å²) in [4.78, 5) is 7.24. The molecule has 2 atom stereocenters. The van der Waals surface area contributed by atoms with Crippen LogP contribution in [0.4, 0.5) is 5.69 Å². The van der Waals surface area contributed by atoms with Crippen molar-refractivity contribution in [3.8, 4) is 0 Å². The van der Waals surface area contributed by atoms with Gasteiger partial charge in [-0.15, -0.1) is 0 Å². The highest BCUT2D eigenvalue weighted by Gasteiger charge is 2.35. The number of hydrogen-bond donors (Lipinski definition) is 1. The topological polar surface area (TPSA) is 28.2 Å². The van der Waals surface area contributed by atoms with Gasteiger partial charge in [0.05, 0.1) is 5.69 Å². The lowest BCUT2D eigenvalue weighted by Gasteiger charge is -2.31. The van der Waals surface area contributed by atoms with Gasteiger partial charge < -0.3 is 5.32 Å². The molecule has 0 radical (unpaired) electrons. The maximum atomic E-state index is 4.57. The van der Waals surface area contributed by atoms with Gasteiger partial charge in [-0.3, -0.25) is 9.88 Å². The molecule has 2 heterocycles. The molecular formula is C17H27N3. The molecule has 20 heavy (non-hydrogen) atoms. The van der Waals surface area contributed by atoms with Crippen LogP contribution in [-0.4, -0.2) is 29.0 Å². The van der Waals surface area contributed by atoms with Crippen LogP contribution in [0.3, 0.4) is 0 Å². The normalized spacial score (nSPS) is 26.4. The molecule has 1 saturated carbocycles. The first-order chi connectivity index (χ1) is 9.86. The summed E-state index contributed by atoms with van der Waals surface area (Å²) in [5, 5.41) is 3.46. The average molecular weight is 273 g/mol. The smallest absolute Gasteiger partial charge is 0.0564 e. The second-order valence-corrected chi connectivity index (χ2v) is 6.33. The van der Waals surface area contributed by atoms with Crippen LogP contribution in [0.2, 0.25) is 0 Å². The molecule has 1 aliphatic heterocycles. The zero-order chi connectivity index (χ0) is 13.8. The summed E-state index contributed by atoms with van der Waals surface area (Å²) in [5.41, 5.74) is 2.44. The molecule has 3 rings (SSSR count). The molecule has 1 aromatic heterocycles. The van der Waals surface area contributed by atoms with Gasteiger partial charge in [0, 0.05) is 31.0 Å². The summed E-state index contributed by atoms with van der Waals surface area (Å²) >= 11 is 0. The Balaban J connectivity index is 1.62. The summed E-state index contributed by atoms with van der Waals surface area (Å²) < 4.78 is 0. The van der Waals surface area contributed by atoms with Gasteiger partial charge in [0.2, 0.25) is 0 Å². The van der Waals surface area contributed by atoms with E-state index in [1.165, 1.54) is 50.0 Å². The van der Waals surface area contributed by atoms with E-state index in [9.17, 15) is 0 Å². The predicted octanol–water partition coefficient (Wildman–Crippen LogP) is 3.67. The van der Waals surface area contributed by atoms with Crippen molar-refractivity contribution in [2.45, 2.75) is 58.0 Å². The van der Waals surface area contributed by atoms with Crippen LogP contribution in [0.25, 0.3) is 0 Å². The second-order valence-electron chi connectivity index (χ2n) is 6.33. The molecular weight excluding hydrogens is 246 g/mol. The third-order valence-electron chi connectivity index (χ3n) is 4.89. The fourth-order valence-electron chi connectivity index (χ4n) is 3.85. The van der Waals surface area contributed by atoms with Crippen molar-refractivity contribution in [1.82, 2.24) is 9.88 Å². The molecule has 2 fully saturated rings. The van der Waals surface area contributed by atoms with Crippen molar-refractivity contribution in [2.75, 3.05) is 18.4 Å². The highest BCUT2D eigenvalue weighted by atomic mass is 15.2. The van der Waals surface area contributed by atoms with Crippen molar-refractivity contribution in [3.05, 3.63) is 24.0 Å². The first kappa shape index (κ1) is 13.9. The lowest BCUT2D eigenvalue weighted by molar-refractivity contribution is 0.174. The van der Waals surface area contributed by atoms with Gasteiger partial charge in [-0.1, -0.05) is 19.8 Å². The number of anilines is 1. The Labute approximate surface area is 122 Å². The standard InChI is InChI=1S/C17H27N3/c1-2-9-18-15-7-10-19-16(12-15)13-20-11-8-14-5-3-4-6-17(14)20/h7,10,12,14,17H,2-6,8-9,11,13H2,1H3,(H,18,19). The summed E-state index contributed by atoms with van der Waals surface area (Å²) in [6, 6.07) is 5.14. The third-order valence-corrected chi connectivity index (χ3v) is 4.89. The molecule has 110 valence electrons. The fourth-order valence-corrected chi connectivity index (χ4v) is 3.85. The van der Waals surface area contributed by atoms with Gasteiger partial charge in [-0.05, 0) is 50.3 Å². The molecule has 1 aromatic rings. The maximum absolute atomic E-state index is 4.57. The third kappa shape index (κ3) is 3.14. The molecule has 3 nitrogen and oxygen atoms in total. The summed E-state index contributed by atoms with van der Waals surface area (Å²) in [6.07, 6.45) is 10.2. The van der Waals surface area contributed by atoms with E-state index in [1.807, 2.05) is 6.20 Å². The van der Waals surface area contributed by atoms with Gasteiger partial charge in [0.15, 0.2) is 0 Å². The quantitative estimate of drug-likeness (QED) is 0.887. The zero-order valence-corrected chi connectivity index (χ0v) is 12.6. The van der Waals surface area contributed by atoms with Crippen LogP contribution in [0.5, 0.6) is 0 Å². The molecule has 1 saturated heterocycles. The number of pyridine rings is 1. The Hall–Kier alpha value is -1.09. The van der Waals surface area contributed by atoms with E-state index in [4.69, 9.17) is 0 Å². The van der Waals surface area contributed by atoms with E-state index in [-0.39, 0.29) is 0 Å². The molecule has 1 aliphatic carbocycles. The molecule has 0 amide bonds. The van der Waals surface area contributed by atoms with Crippen LogP contribution in [0.15, 0.2) is 18.3 Å². The molecule has 0 bridgehead atoms. The molecule has 1 N–H and O–H groups in total. The first-order valence-electron chi connectivity index (χ1n) is 8.29. The number of rotatable bonds is 5. The molecule has 2 unspecified atom stereocenters. The number of nitrogens with one attached hydrogen (secondary N) is 1. The van der Waals surface area contributed by atoms with Crippen LogP contribution in [0, 0.1) is 5.92 Å². The highest BCUT2D eigenvalue weighted by molar-refractivity contribution is 5.43. The predicted molar refractivity (Wildman–Crippen MR) is 83.8 cm³/mol. The Bertz CT molecular complexity index is 432. The van der Waals surface area contributed by atoms with Gasteiger partial charge in [0.25, 0.3) is 0 Å². The fraction of sp³-hybridized carbons (Fsp3) is 0.706. The Kier molecular flexibility index (Phi) is 4.56. The molecule has 0 aromatic carbocycles. The van der Waals surface area contributed by atoms with Crippen LogP contribution >= 0.6 is 0 Å². The average Bonchev–Trinajstić information content (AvgIpc) is 2.89. The van der Waals surface area contributed by atoms with Crippen LogP contribution in [0.1, 0.15) is 51.1 Å². The lowest BCUT2D eigenvalue weighted by atomic mass is 9.85. The van der Waals surface area contributed by atoms with E-state index in [1.54, 1.807) is 0 Å². The van der Waals surface area contributed by atoms with Crippen molar-refractivity contribution < 1.29 is 0 Å². The SMILES string of the molecule is CCCNc1ccnc(CN2CCC3CCCCC32)c1. The van der Waals surface area contributed by atoms with E-state index in [0.717, 1.165) is 31.5 Å². The number of aromatic nitrogens is 1. The largest absolute Gasteiger partial charge is 0.385 e. The van der Waals surface area contributed by atoms with Gasteiger partial charge in [0.1, 0.15) is 0 Å². The lowest BCUT2D eigenvalue weighted by Crippen LogP contribution is -2.34. The summed E-state index contributed by atoms with van der Waals surface area (Å²) in [6.45, 7) is 5.53. The van der Waals surface area contributed by atoms with Crippen molar-refractivity contribution in [3.63, 3.8) is 0 Å². The van der Waals surface area contributed by atoms with Crippen LogP contribution < -0.4 is 5.32 Å². The van der Waals surface area contributed by atoms with Gasteiger partial charge in [-0.25, -0.2) is 0 Å². The van der Waals surface area contributed by atoms with E-state index in [2.05, 4.69) is 34.3 Å².